The number of hydrogen-bond donors (Lipinski definition) is 2. The fourth-order valence-corrected chi connectivity index (χ4v) is 4.85. The smallest absolute Gasteiger partial charge is 0.383 e. The van der Waals surface area contributed by atoms with E-state index in [9.17, 15) is 27.6 Å². The molecule has 2 heterocycles. The van der Waals surface area contributed by atoms with E-state index in [1.165, 1.54) is 0 Å². The molecular formula is C27H30F3N5O4. The highest BCUT2D eigenvalue weighted by Gasteiger charge is 2.39. The van der Waals surface area contributed by atoms with Crippen LogP contribution in [0.5, 0.6) is 0 Å². The van der Waals surface area contributed by atoms with E-state index in [-0.39, 0.29) is 0 Å². The first-order chi connectivity index (χ1) is 18.6. The van der Waals surface area contributed by atoms with Gasteiger partial charge in [-0.15, -0.1) is 0 Å². The highest BCUT2D eigenvalue weighted by molar-refractivity contribution is 6.22. The van der Waals surface area contributed by atoms with Crippen LogP contribution in [0.25, 0.3) is 0 Å². The van der Waals surface area contributed by atoms with Crippen LogP contribution in [0.4, 0.5) is 24.5 Å². The lowest BCUT2D eigenvalue weighted by Gasteiger charge is -2.38. The van der Waals surface area contributed by atoms with Crippen molar-refractivity contribution < 1.29 is 32.3 Å². The van der Waals surface area contributed by atoms with Crippen molar-refractivity contribution in [3.63, 3.8) is 0 Å². The molecule has 4 rings (SSSR count). The predicted octanol–water partition coefficient (Wildman–Crippen LogP) is 2.61. The number of primary amides is 1. The van der Waals surface area contributed by atoms with Gasteiger partial charge in [0.15, 0.2) is 0 Å². The second-order valence-corrected chi connectivity index (χ2v) is 9.42. The van der Waals surface area contributed by atoms with Crippen LogP contribution in [0.1, 0.15) is 30.4 Å². The van der Waals surface area contributed by atoms with Crippen molar-refractivity contribution in [3.8, 4) is 0 Å². The maximum absolute atomic E-state index is 13.8. The zero-order valence-electron chi connectivity index (χ0n) is 21.4. The van der Waals surface area contributed by atoms with Gasteiger partial charge < -0.3 is 25.6 Å². The molecule has 12 heteroatoms. The molecule has 208 valence electrons. The van der Waals surface area contributed by atoms with E-state index in [1.54, 1.807) is 12.0 Å². The van der Waals surface area contributed by atoms with Crippen LogP contribution < -0.4 is 20.9 Å². The number of nitrogens with one attached hydrogen (secondary N) is 1. The summed E-state index contributed by atoms with van der Waals surface area (Å²) in [7, 11) is 1.61. The van der Waals surface area contributed by atoms with Crippen LogP contribution in [0, 0.1) is 5.92 Å². The molecule has 0 bridgehead atoms. The zero-order valence-corrected chi connectivity index (χ0v) is 21.4. The van der Waals surface area contributed by atoms with Crippen LogP contribution in [0.3, 0.4) is 0 Å². The Morgan fingerprint density at radius 1 is 1.15 bits per heavy atom. The summed E-state index contributed by atoms with van der Waals surface area (Å²) in [5.74, 6) is -3.69. The molecule has 0 spiro atoms. The Hall–Kier alpha value is -3.93. The van der Waals surface area contributed by atoms with Gasteiger partial charge >= 0.3 is 6.18 Å². The van der Waals surface area contributed by atoms with Crippen molar-refractivity contribution >= 4 is 34.8 Å². The number of hydrogen-bond acceptors (Lipinski definition) is 6. The maximum Gasteiger partial charge on any atom is 0.389 e. The zero-order chi connectivity index (χ0) is 28.2. The van der Waals surface area contributed by atoms with E-state index < -0.39 is 55.2 Å². The van der Waals surface area contributed by atoms with Gasteiger partial charge in [0, 0.05) is 56.6 Å². The van der Waals surface area contributed by atoms with Gasteiger partial charge in [0.2, 0.25) is 18.0 Å². The quantitative estimate of drug-likeness (QED) is 0.476. The maximum atomic E-state index is 13.8. The van der Waals surface area contributed by atoms with Crippen molar-refractivity contribution in [2.24, 2.45) is 16.6 Å². The van der Waals surface area contributed by atoms with Crippen LogP contribution in [-0.4, -0.2) is 69.1 Å². The minimum Gasteiger partial charge on any atom is -0.383 e. The van der Waals surface area contributed by atoms with Gasteiger partial charge in [-0.05, 0) is 12.5 Å². The number of amides is 3. The van der Waals surface area contributed by atoms with Crippen molar-refractivity contribution in [3.05, 3.63) is 59.7 Å². The molecule has 2 aliphatic rings. The molecule has 2 aromatic rings. The normalized spacial score (nSPS) is 17.7. The molecule has 3 amide bonds. The van der Waals surface area contributed by atoms with Crippen LogP contribution in [0.2, 0.25) is 0 Å². The number of nitrogens with two attached hydrogens (primary N) is 1. The van der Waals surface area contributed by atoms with Crippen molar-refractivity contribution in [2.75, 3.05) is 43.2 Å². The molecule has 9 nitrogen and oxygen atoms in total. The molecule has 0 fully saturated rings. The molecule has 0 aliphatic carbocycles. The molecule has 0 saturated heterocycles. The first-order valence-corrected chi connectivity index (χ1v) is 12.6. The van der Waals surface area contributed by atoms with Crippen LogP contribution in [-0.2, 0) is 19.1 Å². The number of nitrogens with zero attached hydrogens (tertiary/aromatic N) is 3. The highest BCUT2D eigenvalue weighted by atomic mass is 19.4. The number of anilines is 2. The Morgan fingerprint density at radius 2 is 1.90 bits per heavy atom. The number of aliphatic imine (C=N–C) groups is 1. The minimum atomic E-state index is -4.52. The number of alkyl halides is 3. The average molecular weight is 546 g/mol. The molecule has 2 unspecified atom stereocenters. The molecule has 0 saturated carbocycles. The largest absolute Gasteiger partial charge is 0.389 e. The SMILES string of the molecule is COCCN1CCN2C(=O)C(NC(=O)C(CCC(F)(F)F)CC(N)=O)N=C(c3ccccc3)c3cccc1c32. The fourth-order valence-electron chi connectivity index (χ4n) is 4.85. The third kappa shape index (κ3) is 6.56. The van der Waals surface area contributed by atoms with Gasteiger partial charge in [-0.3, -0.25) is 14.4 Å². The molecule has 2 atom stereocenters. The Morgan fingerprint density at radius 3 is 2.56 bits per heavy atom. The summed E-state index contributed by atoms with van der Waals surface area (Å²) in [6, 6.07) is 14.7. The summed E-state index contributed by atoms with van der Waals surface area (Å²) in [5.41, 5.74) is 8.47. The monoisotopic (exact) mass is 545 g/mol. The topological polar surface area (TPSA) is 117 Å². The summed E-state index contributed by atoms with van der Waals surface area (Å²) < 4.78 is 43.9. The van der Waals surface area contributed by atoms with E-state index in [2.05, 4.69) is 15.2 Å². The lowest BCUT2D eigenvalue weighted by Crippen LogP contribution is -2.52. The molecule has 0 aromatic heterocycles. The van der Waals surface area contributed by atoms with Crippen molar-refractivity contribution in [1.29, 1.82) is 0 Å². The van der Waals surface area contributed by atoms with E-state index >= 15 is 0 Å². The number of halogens is 3. The Kier molecular flexibility index (Phi) is 8.54. The third-order valence-electron chi connectivity index (χ3n) is 6.72. The molecular weight excluding hydrogens is 515 g/mol. The van der Waals surface area contributed by atoms with Gasteiger partial charge in [-0.25, -0.2) is 4.99 Å². The Labute approximate surface area is 223 Å². The second-order valence-electron chi connectivity index (χ2n) is 9.42. The van der Waals surface area contributed by atoms with Crippen molar-refractivity contribution in [1.82, 2.24) is 5.32 Å². The highest BCUT2D eigenvalue weighted by Crippen LogP contribution is 2.39. The number of ether oxygens (including phenoxy) is 1. The third-order valence-corrected chi connectivity index (χ3v) is 6.72. The van der Waals surface area contributed by atoms with E-state index in [0.717, 1.165) is 5.69 Å². The van der Waals surface area contributed by atoms with Gasteiger partial charge in [0.05, 0.1) is 23.7 Å². The number of rotatable bonds is 10. The minimum absolute atomic E-state index is 0.301. The average Bonchev–Trinajstić information content (AvgIpc) is 3.02. The molecule has 39 heavy (non-hydrogen) atoms. The van der Waals surface area contributed by atoms with E-state index in [4.69, 9.17) is 10.5 Å². The summed E-state index contributed by atoms with van der Waals surface area (Å²) in [6.45, 7) is 1.88. The lowest BCUT2D eigenvalue weighted by molar-refractivity contribution is -0.143. The van der Waals surface area contributed by atoms with E-state index in [1.807, 2.05) is 48.5 Å². The summed E-state index contributed by atoms with van der Waals surface area (Å²) in [4.78, 5) is 46.8. The molecule has 2 aromatic carbocycles. The Bertz CT molecular complexity index is 1250. The van der Waals surface area contributed by atoms with Gasteiger partial charge in [0.1, 0.15) is 0 Å². The fraction of sp³-hybridized carbons (Fsp3) is 0.407. The molecule has 0 radical (unpaired) electrons. The number of carbonyl (C=O) groups is 3. The number of benzene rings is 2. The Balaban J connectivity index is 1.74. The number of carbonyl (C=O) groups excluding carboxylic acids is 3. The lowest BCUT2D eigenvalue weighted by atomic mass is 9.97. The first-order valence-electron chi connectivity index (χ1n) is 12.6. The first kappa shape index (κ1) is 28.1. The van der Waals surface area contributed by atoms with Gasteiger partial charge in [-0.2, -0.15) is 13.2 Å². The summed E-state index contributed by atoms with van der Waals surface area (Å²) in [5, 5.41) is 2.51. The second kappa shape index (κ2) is 11.9. The summed E-state index contributed by atoms with van der Waals surface area (Å²) in [6.07, 6.45) is -8.43. The van der Waals surface area contributed by atoms with E-state index in [0.29, 0.717) is 48.8 Å². The van der Waals surface area contributed by atoms with Gasteiger partial charge in [0.25, 0.3) is 5.91 Å². The van der Waals surface area contributed by atoms with Crippen molar-refractivity contribution in [2.45, 2.75) is 31.6 Å². The summed E-state index contributed by atoms with van der Waals surface area (Å²) >= 11 is 0. The molecule has 3 N–H and O–H groups in total. The molecule has 2 aliphatic heterocycles. The van der Waals surface area contributed by atoms with Crippen LogP contribution in [0.15, 0.2) is 53.5 Å². The standard InChI is InChI=1S/C27H30F3N5O4/c1-39-15-14-34-12-13-35-23-19(8-5-9-20(23)34)22(17-6-3-2-4-7-17)32-24(26(35)38)33-25(37)18(16-21(31)36)10-11-27(28,29)30/h2-9,18,24H,10-16H2,1H3,(H2,31,36)(H,33,37). The predicted molar refractivity (Wildman–Crippen MR) is 139 cm³/mol. The number of para-hydroxylation sites is 1. The van der Waals surface area contributed by atoms with Gasteiger partial charge in [-0.1, -0.05) is 42.5 Å². The van der Waals surface area contributed by atoms with Crippen LogP contribution >= 0.6 is 0 Å². The number of methoxy groups -OCH3 is 1.